The molecule has 0 atom stereocenters. The van der Waals surface area contributed by atoms with E-state index < -0.39 is 0 Å². The first-order valence-electron chi connectivity index (χ1n) is 6.65. The number of ether oxygens (including phenoxy) is 1. The largest absolute Gasteiger partial charge is 0.487 e. The van der Waals surface area contributed by atoms with Gasteiger partial charge in [0.2, 0.25) is 0 Å². The van der Waals surface area contributed by atoms with Crippen molar-refractivity contribution >= 4 is 0 Å². The van der Waals surface area contributed by atoms with E-state index in [0.29, 0.717) is 18.4 Å². The number of rotatable bonds is 6. The Kier molecular flexibility index (Phi) is 4.55. The Morgan fingerprint density at radius 3 is 2.74 bits per heavy atom. The van der Waals surface area contributed by atoms with Crippen LogP contribution in [0.15, 0.2) is 36.5 Å². The summed E-state index contributed by atoms with van der Waals surface area (Å²) in [6.07, 6.45) is 4.09. The molecule has 0 unspecified atom stereocenters. The van der Waals surface area contributed by atoms with Crippen molar-refractivity contribution in [1.82, 2.24) is 9.78 Å². The Bertz CT molecular complexity index is 520. The molecule has 0 N–H and O–H groups in total. The maximum Gasteiger partial charge on any atom is 0.132 e. The van der Waals surface area contributed by atoms with Crippen molar-refractivity contribution in [2.24, 2.45) is 0 Å². The fourth-order valence-corrected chi connectivity index (χ4v) is 2.03. The van der Waals surface area contributed by atoms with Gasteiger partial charge in [-0.05, 0) is 31.0 Å². The molecule has 0 spiro atoms. The Hall–Kier alpha value is -1.84. The molecule has 1 aromatic carbocycles. The zero-order chi connectivity index (χ0) is 13.7. The third-order valence-corrected chi connectivity index (χ3v) is 3.16. The van der Waals surface area contributed by atoms with Crippen LogP contribution in [0.4, 0.5) is 4.39 Å². The fraction of sp³-hybridized carbons (Fsp3) is 0.400. The lowest BCUT2D eigenvalue weighted by Crippen LogP contribution is -2.08. The molecule has 0 saturated carbocycles. The molecule has 3 nitrogen and oxygen atoms in total. The molecule has 2 rings (SSSR count). The van der Waals surface area contributed by atoms with E-state index in [1.807, 2.05) is 16.9 Å². The minimum absolute atomic E-state index is 0.292. The van der Waals surface area contributed by atoms with Gasteiger partial charge in [0.05, 0.1) is 11.7 Å². The number of halogens is 1. The van der Waals surface area contributed by atoms with Crippen LogP contribution in [-0.2, 0) is 6.61 Å². The van der Waals surface area contributed by atoms with Crippen LogP contribution in [-0.4, -0.2) is 9.78 Å². The first kappa shape index (κ1) is 13.6. The molecule has 1 aromatic heterocycles. The van der Waals surface area contributed by atoms with E-state index in [0.717, 1.165) is 18.5 Å². The van der Waals surface area contributed by atoms with Gasteiger partial charge >= 0.3 is 0 Å². The van der Waals surface area contributed by atoms with Crippen LogP contribution in [0.5, 0.6) is 5.75 Å². The van der Waals surface area contributed by atoms with Gasteiger partial charge in [-0.3, -0.25) is 4.68 Å². The number of nitrogens with zero attached hydrogens (tertiary/aromatic N) is 2. The lowest BCUT2D eigenvalue weighted by molar-refractivity contribution is 0.295. The maximum absolute atomic E-state index is 13.0. The Balaban J connectivity index is 1.97. The van der Waals surface area contributed by atoms with Crippen LogP contribution < -0.4 is 4.74 Å². The van der Waals surface area contributed by atoms with Crippen molar-refractivity contribution in [1.29, 1.82) is 0 Å². The van der Waals surface area contributed by atoms with Crippen molar-refractivity contribution in [3.63, 3.8) is 0 Å². The van der Waals surface area contributed by atoms with Gasteiger partial charge in [0.15, 0.2) is 0 Å². The number of hydrogen-bond donors (Lipinski definition) is 0. The molecule has 0 aliphatic heterocycles. The quantitative estimate of drug-likeness (QED) is 0.787. The summed E-state index contributed by atoms with van der Waals surface area (Å²) < 4.78 is 20.5. The topological polar surface area (TPSA) is 27.1 Å². The molecule has 0 bridgehead atoms. The van der Waals surface area contributed by atoms with Gasteiger partial charge < -0.3 is 4.74 Å². The molecule has 0 radical (unpaired) electrons. The maximum atomic E-state index is 13.0. The van der Waals surface area contributed by atoms with E-state index >= 15 is 0 Å². The summed E-state index contributed by atoms with van der Waals surface area (Å²) in [6.45, 7) is 4.66. The highest BCUT2D eigenvalue weighted by molar-refractivity contribution is 5.22. The van der Waals surface area contributed by atoms with Crippen molar-refractivity contribution in [2.45, 2.75) is 39.3 Å². The highest BCUT2D eigenvalue weighted by Gasteiger charge is 2.08. The number of aromatic nitrogens is 2. The van der Waals surface area contributed by atoms with E-state index in [1.165, 1.54) is 12.1 Å². The van der Waals surface area contributed by atoms with E-state index in [1.54, 1.807) is 12.1 Å². The first-order valence-corrected chi connectivity index (χ1v) is 6.65. The third-order valence-electron chi connectivity index (χ3n) is 3.16. The van der Waals surface area contributed by atoms with Gasteiger partial charge in [-0.1, -0.05) is 19.9 Å². The van der Waals surface area contributed by atoms with Crippen LogP contribution in [0, 0.1) is 5.82 Å². The summed E-state index contributed by atoms with van der Waals surface area (Å²) in [6, 6.07) is 8.52. The van der Waals surface area contributed by atoms with Gasteiger partial charge in [-0.15, -0.1) is 0 Å². The zero-order valence-corrected chi connectivity index (χ0v) is 11.3. The average molecular weight is 262 g/mol. The lowest BCUT2D eigenvalue weighted by atomic mass is 10.2. The molecule has 19 heavy (non-hydrogen) atoms. The van der Waals surface area contributed by atoms with Crippen LogP contribution in [0.2, 0.25) is 0 Å². The van der Waals surface area contributed by atoms with Crippen LogP contribution in [0.3, 0.4) is 0 Å². The summed E-state index contributed by atoms with van der Waals surface area (Å²) in [5.74, 6) is 0.233. The van der Waals surface area contributed by atoms with Crippen molar-refractivity contribution in [2.75, 3.05) is 0 Å². The number of benzene rings is 1. The highest BCUT2D eigenvalue weighted by Crippen LogP contribution is 2.16. The van der Waals surface area contributed by atoms with E-state index in [9.17, 15) is 4.39 Å². The van der Waals surface area contributed by atoms with Gasteiger partial charge in [0.25, 0.3) is 0 Å². The number of hydrogen-bond acceptors (Lipinski definition) is 2. The second-order valence-electron chi connectivity index (χ2n) is 4.50. The summed E-state index contributed by atoms with van der Waals surface area (Å²) in [5, 5.41) is 4.49. The van der Waals surface area contributed by atoms with E-state index in [-0.39, 0.29) is 5.82 Å². The highest BCUT2D eigenvalue weighted by atomic mass is 19.1. The van der Waals surface area contributed by atoms with E-state index in [2.05, 4.69) is 18.9 Å². The fourth-order valence-electron chi connectivity index (χ4n) is 2.03. The van der Waals surface area contributed by atoms with Crippen molar-refractivity contribution in [3.8, 4) is 5.75 Å². The van der Waals surface area contributed by atoms with Gasteiger partial charge in [0.1, 0.15) is 18.2 Å². The normalized spacial score (nSPS) is 10.9. The molecule has 0 aliphatic rings. The summed E-state index contributed by atoms with van der Waals surface area (Å²) in [7, 11) is 0. The van der Waals surface area contributed by atoms with Crippen LogP contribution in [0.1, 0.15) is 38.4 Å². The SMILES string of the molecule is CCC(CC)n1ccc(COc2cccc(F)c2)n1. The molecular formula is C15H19FN2O. The molecule has 0 aliphatic carbocycles. The Labute approximate surface area is 113 Å². The zero-order valence-electron chi connectivity index (χ0n) is 11.3. The smallest absolute Gasteiger partial charge is 0.132 e. The van der Waals surface area contributed by atoms with Crippen LogP contribution >= 0.6 is 0 Å². The molecular weight excluding hydrogens is 243 g/mol. The molecule has 0 amide bonds. The molecule has 1 heterocycles. The molecule has 102 valence electrons. The summed E-state index contributed by atoms with van der Waals surface area (Å²) >= 11 is 0. The summed E-state index contributed by atoms with van der Waals surface area (Å²) in [4.78, 5) is 0. The van der Waals surface area contributed by atoms with Gasteiger partial charge in [0, 0.05) is 12.3 Å². The molecule has 0 fully saturated rings. The molecule has 4 heteroatoms. The molecule has 2 aromatic rings. The second kappa shape index (κ2) is 6.36. The third kappa shape index (κ3) is 3.56. The Morgan fingerprint density at radius 2 is 2.05 bits per heavy atom. The predicted octanol–water partition coefficient (Wildman–Crippen LogP) is 3.96. The predicted molar refractivity (Wildman–Crippen MR) is 72.6 cm³/mol. The summed E-state index contributed by atoms with van der Waals surface area (Å²) in [5.41, 5.74) is 0.858. The standard InChI is InChI=1S/C15H19FN2O/c1-3-14(4-2)18-9-8-13(17-18)11-19-15-7-5-6-12(16)10-15/h5-10,14H,3-4,11H2,1-2H3. The monoisotopic (exact) mass is 262 g/mol. The average Bonchev–Trinajstić information content (AvgIpc) is 2.87. The van der Waals surface area contributed by atoms with Crippen molar-refractivity contribution < 1.29 is 9.13 Å². The first-order chi connectivity index (χ1) is 9.22. The van der Waals surface area contributed by atoms with Crippen molar-refractivity contribution in [3.05, 3.63) is 48.0 Å². The Morgan fingerprint density at radius 1 is 1.26 bits per heavy atom. The lowest BCUT2D eigenvalue weighted by Gasteiger charge is -2.12. The minimum Gasteiger partial charge on any atom is -0.487 e. The van der Waals surface area contributed by atoms with Gasteiger partial charge in [-0.25, -0.2) is 4.39 Å². The molecule has 0 saturated heterocycles. The second-order valence-corrected chi connectivity index (χ2v) is 4.50. The van der Waals surface area contributed by atoms with Crippen LogP contribution in [0.25, 0.3) is 0 Å². The minimum atomic E-state index is -0.292. The van der Waals surface area contributed by atoms with E-state index in [4.69, 9.17) is 4.74 Å². The van der Waals surface area contributed by atoms with Gasteiger partial charge in [-0.2, -0.15) is 5.10 Å².